The molecule has 0 radical (unpaired) electrons. The number of aromatic nitrogens is 1. The zero-order valence-electron chi connectivity index (χ0n) is 8.20. The summed E-state index contributed by atoms with van der Waals surface area (Å²) in [5, 5.41) is 18.8. The van der Waals surface area contributed by atoms with Gasteiger partial charge >= 0.3 is 12.0 Å². The Balaban J connectivity index is 3.73. The van der Waals surface area contributed by atoms with Gasteiger partial charge in [0.1, 0.15) is 11.6 Å². The van der Waals surface area contributed by atoms with Crippen LogP contribution in [-0.4, -0.2) is 9.91 Å². The standard InChI is InChI=1S/C8H2F5N3O2/c9-6(10)5-4(8(11,12)13)1-3(2-14)15-7(5)16(17)18/h1,6H. The molecule has 0 N–H and O–H groups in total. The van der Waals surface area contributed by atoms with Gasteiger partial charge in [-0.15, -0.1) is 0 Å². The van der Waals surface area contributed by atoms with Gasteiger partial charge in [-0.05, 0) is 9.91 Å². The molecule has 0 amide bonds. The van der Waals surface area contributed by atoms with Crippen molar-refractivity contribution in [3.8, 4) is 6.07 Å². The maximum atomic E-state index is 12.5. The molecule has 0 atom stereocenters. The lowest BCUT2D eigenvalue weighted by molar-refractivity contribution is -0.391. The highest BCUT2D eigenvalue weighted by molar-refractivity contribution is 5.46. The van der Waals surface area contributed by atoms with Crippen LogP contribution in [0.4, 0.5) is 27.8 Å². The largest absolute Gasteiger partial charge is 0.417 e. The monoisotopic (exact) mass is 267 g/mol. The minimum Gasteiger partial charge on any atom is -0.358 e. The van der Waals surface area contributed by atoms with E-state index in [1.54, 1.807) is 0 Å². The summed E-state index contributed by atoms with van der Waals surface area (Å²) in [6.45, 7) is 0. The van der Waals surface area contributed by atoms with Gasteiger partial charge in [-0.1, -0.05) is 0 Å². The third-order valence-corrected chi connectivity index (χ3v) is 1.85. The van der Waals surface area contributed by atoms with Crippen LogP contribution < -0.4 is 0 Å². The van der Waals surface area contributed by atoms with Gasteiger partial charge in [-0.25, -0.2) is 8.78 Å². The molecule has 0 aliphatic carbocycles. The van der Waals surface area contributed by atoms with Crippen LogP contribution >= 0.6 is 0 Å². The molecule has 5 nitrogen and oxygen atoms in total. The lowest BCUT2D eigenvalue weighted by Crippen LogP contribution is -2.14. The molecule has 0 saturated heterocycles. The fraction of sp³-hybridized carbons (Fsp3) is 0.250. The number of alkyl halides is 5. The summed E-state index contributed by atoms with van der Waals surface area (Å²) >= 11 is 0. The Morgan fingerprint density at radius 1 is 1.44 bits per heavy atom. The average Bonchev–Trinajstić information content (AvgIpc) is 2.25. The van der Waals surface area contributed by atoms with Gasteiger partial charge in [0.2, 0.25) is 0 Å². The summed E-state index contributed by atoms with van der Waals surface area (Å²) in [4.78, 5) is 11.8. The van der Waals surface area contributed by atoms with Gasteiger partial charge < -0.3 is 10.1 Å². The molecular weight excluding hydrogens is 265 g/mol. The first kappa shape index (κ1) is 13.8. The van der Waals surface area contributed by atoms with Crippen LogP contribution in [0.2, 0.25) is 0 Å². The lowest BCUT2D eigenvalue weighted by Gasteiger charge is -2.11. The zero-order chi connectivity index (χ0) is 14.1. The van der Waals surface area contributed by atoms with E-state index in [1.165, 1.54) is 0 Å². The van der Waals surface area contributed by atoms with Crippen molar-refractivity contribution in [2.45, 2.75) is 12.6 Å². The molecule has 1 aromatic rings. The smallest absolute Gasteiger partial charge is 0.358 e. The molecule has 1 rings (SSSR count). The molecule has 0 aromatic carbocycles. The maximum absolute atomic E-state index is 12.5. The zero-order valence-corrected chi connectivity index (χ0v) is 8.20. The van der Waals surface area contributed by atoms with E-state index in [1.807, 2.05) is 0 Å². The highest BCUT2D eigenvalue weighted by Gasteiger charge is 2.42. The van der Waals surface area contributed by atoms with Gasteiger partial charge in [-0.3, -0.25) is 0 Å². The summed E-state index contributed by atoms with van der Waals surface area (Å²) in [6, 6.07) is 1.19. The summed E-state index contributed by atoms with van der Waals surface area (Å²) in [5.41, 5.74) is -4.74. The molecule has 0 bridgehead atoms. The summed E-state index contributed by atoms with van der Waals surface area (Å²) in [5.74, 6) is -1.67. The molecule has 1 heterocycles. The maximum Gasteiger partial charge on any atom is 0.417 e. The second-order valence-electron chi connectivity index (χ2n) is 2.96. The number of nitriles is 1. The second kappa shape index (κ2) is 4.52. The van der Waals surface area contributed by atoms with Crippen LogP contribution in [0.15, 0.2) is 6.07 Å². The fourth-order valence-electron chi connectivity index (χ4n) is 1.19. The summed E-state index contributed by atoms with van der Waals surface area (Å²) in [6.07, 6.45) is -8.98. The minimum atomic E-state index is -5.24. The van der Waals surface area contributed by atoms with Crippen molar-refractivity contribution in [1.29, 1.82) is 5.26 Å². The van der Waals surface area contributed by atoms with Crippen LogP contribution in [0.3, 0.4) is 0 Å². The quantitative estimate of drug-likeness (QED) is 0.468. The van der Waals surface area contributed by atoms with Crippen LogP contribution in [0.1, 0.15) is 23.2 Å². The first-order valence-electron chi connectivity index (χ1n) is 4.13. The molecule has 0 saturated carbocycles. The van der Waals surface area contributed by atoms with E-state index < -0.39 is 40.2 Å². The Morgan fingerprint density at radius 2 is 2.00 bits per heavy atom. The Morgan fingerprint density at radius 3 is 2.33 bits per heavy atom. The predicted octanol–water partition coefficient (Wildman–Crippen LogP) is 2.82. The lowest BCUT2D eigenvalue weighted by atomic mass is 10.1. The molecule has 10 heteroatoms. The minimum absolute atomic E-state index is 0.0501. The fourth-order valence-corrected chi connectivity index (χ4v) is 1.19. The van der Waals surface area contributed by atoms with E-state index in [9.17, 15) is 32.1 Å². The molecule has 0 fully saturated rings. The molecule has 0 aliphatic rings. The third kappa shape index (κ3) is 2.50. The van der Waals surface area contributed by atoms with Crippen LogP contribution in [0.5, 0.6) is 0 Å². The van der Waals surface area contributed by atoms with Crippen molar-refractivity contribution in [1.82, 2.24) is 4.98 Å². The van der Waals surface area contributed by atoms with Gasteiger partial charge in [0.25, 0.3) is 12.1 Å². The van der Waals surface area contributed by atoms with Crippen molar-refractivity contribution in [3.63, 3.8) is 0 Å². The van der Waals surface area contributed by atoms with Crippen molar-refractivity contribution >= 4 is 5.82 Å². The average molecular weight is 267 g/mol. The molecule has 0 aliphatic heterocycles. The Kier molecular flexibility index (Phi) is 3.45. The topological polar surface area (TPSA) is 79.8 Å². The molecule has 0 unspecified atom stereocenters. The SMILES string of the molecule is N#Cc1cc(C(F)(F)F)c(C(F)F)c([N+](=O)[O-])n1. The van der Waals surface area contributed by atoms with E-state index in [0.29, 0.717) is 0 Å². The normalized spacial score (nSPS) is 11.4. The Hall–Kier alpha value is -2.31. The predicted molar refractivity (Wildman–Crippen MR) is 45.6 cm³/mol. The first-order chi connectivity index (χ1) is 8.18. The Labute approximate surface area is 95.6 Å². The second-order valence-corrected chi connectivity index (χ2v) is 2.96. The summed E-state index contributed by atoms with van der Waals surface area (Å²) < 4.78 is 62.4. The number of rotatable bonds is 2. The molecule has 0 spiro atoms. The van der Waals surface area contributed by atoms with E-state index in [4.69, 9.17) is 5.26 Å². The summed E-state index contributed by atoms with van der Waals surface area (Å²) in [7, 11) is 0. The first-order valence-corrected chi connectivity index (χ1v) is 4.13. The van der Waals surface area contributed by atoms with Crippen LogP contribution in [-0.2, 0) is 6.18 Å². The van der Waals surface area contributed by atoms with Crippen LogP contribution in [0, 0.1) is 21.4 Å². The Bertz CT molecular complexity index is 535. The van der Waals surface area contributed by atoms with E-state index in [0.717, 1.165) is 6.07 Å². The molecular formula is C8H2F5N3O2. The number of hydrogen-bond donors (Lipinski definition) is 0. The highest BCUT2D eigenvalue weighted by Crippen LogP contribution is 2.40. The van der Waals surface area contributed by atoms with Crippen LogP contribution in [0.25, 0.3) is 0 Å². The molecule has 18 heavy (non-hydrogen) atoms. The van der Waals surface area contributed by atoms with E-state index in [-0.39, 0.29) is 6.07 Å². The third-order valence-electron chi connectivity index (χ3n) is 1.85. The number of nitro groups is 1. The van der Waals surface area contributed by atoms with Crippen molar-refractivity contribution < 1.29 is 26.9 Å². The van der Waals surface area contributed by atoms with E-state index >= 15 is 0 Å². The van der Waals surface area contributed by atoms with Gasteiger partial charge in [0, 0.05) is 6.07 Å². The molecule has 96 valence electrons. The van der Waals surface area contributed by atoms with Crippen molar-refractivity contribution in [3.05, 3.63) is 33.0 Å². The van der Waals surface area contributed by atoms with Gasteiger partial charge in [0.15, 0.2) is 0 Å². The number of halogens is 5. The molecule has 1 aromatic heterocycles. The van der Waals surface area contributed by atoms with Crippen molar-refractivity contribution in [2.24, 2.45) is 0 Å². The highest BCUT2D eigenvalue weighted by atomic mass is 19.4. The van der Waals surface area contributed by atoms with Crippen molar-refractivity contribution in [2.75, 3.05) is 0 Å². The van der Waals surface area contributed by atoms with E-state index in [2.05, 4.69) is 4.98 Å². The number of hydrogen-bond acceptors (Lipinski definition) is 4. The number of nitrogens with zero attached hydrogens (tertiary/aromatic N) is 3. The van der Waals surface area contributed by atoms with Gasteiger partial charge in [0.05, 0.1) is 5.56 Å². The number of pyridine rings is 1. The van der Waals surface area contributed by atoms with Gasteiger partial charge in [-0.2, -0.15) is 18.4 Å².